The lowest BCUT2D eigenvalue weighted by atomic mass is 10.1. The lowest BCUT2D eigenvalue weighted by molar-refractivity contribution is -0.137. The Morgan fingerprint density at radius 2 is 2.10 bits per heavy atom. The smallest absolute Gasteiger partial charge is 0.323 e. The molecule has 1 aromatic heterocycles. The van der Waals surface area contributed by atoms with Gasteiger partial charge in [-0.3, -0.25) is 9.59 Å². The summed E-state index contributed by atoms with van der Waals surface area (Å²) < 4.78 is 1.67. The van der Waals surface area contributed by atoms with E-state index in [4.69, 9.17) is 5.11 Å². The maximum Gasteiger partial charge on any atom is 0.323 e. The molecule has 1 aromatic carbocycles. The highest BCUT2D eigenvalue weighted by Gasteiger charge is 2.50. The zero-order valence-corrected chi connectivity index (χ0v) is 12.1. The van der Waals surface area contributed by atoms with Gasteiger partial charge in [-0.2, -0.15) is 0 Å². The summed E-state index contributed by atoms with van der Waals surface area (Å²) in [5, 5.41) is 12.7. The summed E-state index contributed by atoms with van der Waals surface area (Å²) in [6.45, 7) is 4.12. The van der Waals surface area contributed by atoms with Gasteiger partial charge in [-0.05, 0) is 36.1 Å². The average Bonchev–Trinajstić information content (AvgIpc) is 2.87. The number of aromatic nitrogens is 1. The SMILES string of the molecule is CC1(C)C[C@@H]1C(=O)Nc1ccc2c(ccn2CC(=O)O)c1. The van der Waals surface area contributed by atoms with Gasteiger partial charge in [0, 0.05) is 28.7 Å². The van der Waals surface area contributed by atoms with Crippen LogP contribution < -0.4 is 5.32 Å². The molecule has 0 unspecified atom stereocenters. The van der Waals surface area contributed by atoms with Crippen LogP contribution in [0.2, 0.25) is 0 Å². The third-order valence-corrected chi connectivity index (χ3v) is 4.17. The van der Waals surface area contributed by atoms with Crippen LogP contribution in [0.3, 0.4) is 0 Å². The molecule has 1 aliphatic rings. The summed E-state index contributed by atoms with van der Waals surface area (Å²) >= 11 is 0. The molecule has 0 radical (unpaired) electrons. The Morgan fingerprint density at radius 1 is 1.38 bits per heavy atom. The second-order valence-corrected chi connectivity index (χ2v) is 6.35. The number of hydrogen-bond acceptors (Lipinski definition) is 2. The number of nitrogens with zero attached hydrogens (tertiary/aromatic N) is 1. The number of hydrogen-bond donors (Lipinski definition) is 2. The van der Waals surface area contributed by atoms with Crippen molar-refractivity contribution in [3.63, 3.8) is 0 Å². The van der Waals surface area contributed by atoms with E-state index in [0.717, 1.165) is 23.0 Å². The predicted octanol–water partition coefficient (Wildman–Crippen LogP) is 2.71. The molecule has 5 nitrogen and oxygen atoms in total. The second kappa shape index (κ2) is 4.62. The third-order valence-electron chi connectivity index (χ3n) is 4.17. The van der Waals surface area contributed by atoms with Crippen LogP contribution in [0.1, 0.15) is 20.3 Å². The van der Waals surface area contributed by atoms with E-state index in [1.54, 1.807) is 10.8 Å². The van der Waals surface area contributed by atoms with Crippen molar-refractivity contribution in [1.29, 1.82) is 0 Å². The van der Waals surface area contributed by atoms with Crippen molar-refractivity contribution >= 4 is 28.5 Å². The number of aliphatic carboxylic acids is 1. The fourth-order valence-electron chi connectivity index (χ4n) is 2.71. The Labute approximate surface area is 122 Å². The van der Waals surface area contributed by atoms with Gasteiger partial charge < -0.3 is 15.0 Å². The first kappa shape index (κ1) is 13.7. The van der Waals surface area contributed by atoms with Gasteiger partial charge in [-0.15, -0.1) is 0 Å². The zero-order valence-electron chi connectivity index (χ0n) is 12.1. The fraction of sp³-hybridized carbons (Fsp3) is 0.375. The molecule has 2 aromatic rings. The predicted molar refractivity (Wildman–Crippen MR) is 80.1 cm³/mol. The molecular formula is C16H18N2O3. The van der Waals surface area contributed by atoms with Crippen LogP contribution in [-0.2, 0) is 16.1 Å². The van der Waals surface area contributed by atoms with E-state index in [2.05, 4.69) is 19.2 Å². The first-order valence-electron chi connectivity index (χ1n) is 6.98. The summed E-state index contributed by atoms with van der Waals surface area (Å²) in [6, 6.07) is 7.38. The second-order valence-electron chi connectivity index (χ2n) is 6.35. The lowest BCUT2D eigenvalue weighted by Gasteiger charge is -2.07. The number of carboxylic acid groups (broad SMARTS) is 1. The normalized spacial score (nSPS) is 19.4. The molecule has 3 rings (SSSR count). The van der Waals surface area contributed by atoms with Crippen LogP contribution in [0.25, 0.3) is 10.9 Å². The van der Waals surface area contributed by atoms with Crippen LogP contribution in [0.5, 0.6) is 0 Å². The summed E-state index contributed by atoms with van der Waals surface area (Å²) in [7, 11) is 0. The Balaban J connectivity index is 1.79. The van der Waals surface area contributed by atoms with Gasteiger partial charge in [-0.25, -0.2) is 0 Å². The molecule has 1 aliphatic carbocycles. The molecule has 0 spiro atoms. The van der Waals surface area contributed by atoms with Gasteiger partial charge in [0.15, 0.2) is 0 Å². The first-order valence-corrected chi connectivity index (χ1v) is 6.98. The number of benzene rings is 1. The van der Waals surface area contributed by atoms with Crippen LogP contribution in [0.4, 0.5) is 5.69 Å². The number of rotatable bonds is 4. The molecule has 110 valence electrons. The number of nitrogens with one attached hydrogen (secondary N) is 1. The lowest BCUT2D eigenvalue weighted by Crippen LogP contribution is -2.16. The molecule has 1 saturated carbocycles. The van der Waals surface area contributed by atoms with Gasteiger partial charge in [-0.1, -0.05) is 13.8 Å². The van der Waals surface area contributed by atoms with E-state index in [1.807, 2.05) is 24.3 Å². The van der Waals surface area contributed by atoms with Crippen molar-refractivity contribution < 1.29 is 14.7 Å². The number of amides is 1. The van der Waals surface area contributed by atoms with Crippen LogP contribution >= 0.6 is 0 Å². The Hall–Kier alpha value is -2.30. The number of carboxylic acids is 1. The molecule has 21 heavy (non-hydrogen) atoms. The van der Waals surface area contributed by atoms with E-state index in [1.165, 1.54) is 0 Å². The van der Waals surface area contributed by atoms with Gasteiger partial charge in [0.25, 0.3) is 0 Å². The van der Waals surface area contributed by atoms with Crippen molar-refractivity contribution in [2.24, 2.45) is 11.3 Å². The molecule has 1 heterocycles. The van der Waals surface area contributed by atoms with Gasteiger partial charge >= 0.3 is 5.97 Å². The maximum atomic E-state index is 12.1. The molecule has 0 aliphatic heterocycles. The van der Waals surface area contributed by atoms with Crippen molar-refractivity contribution in [1.82, 2.24) is 4.57 Å². The molecule has 5 heteroatoms. The van der Waals surface area contributed by atoms with Crippen molar-refractivity contribution in [2.45, 2.75) is 26.8 Å². The Kier molecular flexibility index (Phi) is 3.01. The topological polar surface area (TPSA) is 71.3 Å². The molecule has 1 atom stereocenters. The maximum absolute atomic E-state index is 12.1. The summed E-state index contributed by atoms with van der Waals surface area (Å²) in [6.07, 6.45) is 2.67. The minimum absolute atomic E-state index is 0.0596. The largest absolute Gasteiger partial charge is 0.480 e. The third kappa shape index (κ3) is 2.63. The zero-order chi connectivity index (χ0) is 15.2. The fourth-order valence-corrected chi connectivity index (χ4v) is 2.71. The highest BCUT2D eigenvalue weighted by atomic mass is 16.4. The number of carbonyl (C=O) groups excluding carboxylic acids is 1. The van der Waals surface area contributed by atoms with Crippen molar-refractivity contribution in [3.05, 3.63) is 30.5 Å². The standard InChI is InChI=1S/C16H18N2O3/c1-16(2)8-12(16)15(21)17-11-3-4-13-10(7-11)5-6-18(13)9-14(19)20/h3-7,12H,8-9H2,1-2H3,(H,17,21)(H,19,20)/t12-/m1/s1. The van der Waals surface area contributed by atoms with E-state index in [0.29, 0.717) is 0 Å². The van der Waals surface area contributed by atoms with E-state index in [9.17, 15) is 9.59 Å². The van der Waals surface area contributed by atoms with Crippen molar-refractivity contribution in [2.75, 3.05) is 5.32 Å². The summed E-state index contributed by atoms with van der Waals surface area (Å²) in [5.41, 5.74) is 1.71. The molecule has 0 bridgehead atoms. The Bertz CT molecular complexity index is 730. The van der Waals surface area contributed by atoms with Gasteiger partial charge in [0.2, 0.25) is 5.91 Å². The molecule has 1 amide bonds. The highest BCUT2D eigenvalue weighted by Crippen LogP contribution is 2.52. The van der Waals surface area contributed by atoms with Crippen LogP contribution in [0.15, 0.2) is 30.5 Å². The molecule has 1 fully saturated rings. The number of anilines is 1. The number of fused-ring (bicyclic) bond motifs is 1. The molecule has 2 N–H and O–H groups in total. The van der Waals surface area contributed by atoms with E-state index in [-0.39, 0.29) is 23.8 Å². The summed E-state index contributed by atoms with van der Waals surface area (Å²) in [5.74, 6) is -0.727. The van der Waals surface area contributed by atoms with Crippen LogP contribution in [0, 0.1) is 11.3 Å². The van der Waals surface area contributed by atoms with Gasteiger partial charge in [0.1, 0.15) is 6.54 Å². The number of carbonyl (C=O) groups is 2. The Morgan fingerprint density at radius 3 is 2.71 bits per heavy atom. The highest BCUT2D eigenvalue weighted by molar-refractivity contribution is 5.97. The minimum Gasteiger partial charge on any atom is -0.480 e. The van der Waals surface area contributed by atoms with Gasteiger partial charge in [0.05, 0.1) is 0 Å². The van der Waals surface area contributed by atoms with E-state index < -0.39 is 5.97 Å². The average molecular weight is 286 g/mol. The molecular weight excluding hydrogens is 268 g/mol. The van der Waals surface area contributed by atoms with Crippen molar-refractivity contribution in [3.8, 4) is 0 Å². The first-order chi connectivity index (χ1) is 9.87. The summed E-state index contributed by atoms with van der Waals surface area (Å²) in [4.78, 5) is 22.9. The monoisotopic (exact) mass is 286 g/mol. The minimum atomic E-state index is -0.874. The van der Waals surface area contributed by atoms with Crippen LogP contribution in [-0.4, -0.2) is 21.6 Å². The van der Waals surface area contributed by atoms with E-state index >= 15 is 0 Å². The quantitative estimate of drug-likeness (QED) is 0.907. The molecule has 0 saturated heterocycles.